The largest absolute Gasteiger partial charge is 0.339 e. The maximum atomic E-state index is 11.2. The van der Waals surface area contributed by atoms with E-state index in [1.54, 1.807) is 6.92 Å². The van der Waals surface area contributed by atoms with Gasteiger partial charge in [0, 0.05) is 20.0 Å². The van der Waals surface area contributed by atoms with Gasteiger partial charge in [-0.25, -0.2) is 0 Å². The van der Waals surface area contributed by atoms with Gasteiger partial charge in [-0.3, -0.25) is 4.79 Å². The quantitative estimate of drug-likeness (QED) is 0.477. The molecule has 0 unspecified atom stereocenters. The van der Waals surface area contributed by atoms with Crippen LogP contribution in [0.1, 0.15) is 47.0 Å². The molecule has 0 aliphatic carbocycles. The molecule has 0 N–H and O–H groups in total. The fourth-order valence-corrected chi connectivity index (χ4v) is 1.52. The van der Waals surface area contributed by atoms with Gasteiger partial charge < -0.3 is 4.90 Å². The van der Waals surface area contributed by atoms with Gasteiger partial charge in [0.25, 0.3) is 0 Å². The molecule has 0 fully saturated rings. The lowest BCUT2D eigenvalue weighted by Gasteiger charge is -2.19. The van der Waals surface area contributed by atoms with Crippen LogP contribution in [0.2, 0.25) is 0 Å². The summed E-state index contributed by atoms with van der Waals surface area (Å²) in [7, 11) is 0. The maximum absolute atomic E-state index is 11.2. The molecule has 1 amide bonds. The Morgan fingerprint density at radius 2 is 1.81 bits per heavy atom. The smallest absolute Gasteiger partial charge is 0.219 e. The second kappa shape index (κ2) is 9.20. The predicted molar refractivity (Wildman–Crippen MR) is 70.4 cm³/mol. The minimum Gasteiger partial charge on any atom is -0.339 e. The molecule has 0 atom stereocenters. The summed E-state index contributed by atoms with van der Waals surface area (Å²) in [5.41, 5.74) is 1.28. The van der Waals surface area contributed by atoms with Crippen molar-refractivity contribution >= 4 is 5.91 Å². The van der Waals surface area contributed by atoms with Crippen LogP contribution in [-0.4, -0.2) is 23.9 Å². The number of likely N-dealkylation sites (N-methyl/N-ethyl adjacent to an activating group) is 1. The van der Waals surface area contributed by atoms with Gasteiger partial charge in [-0.05, 0) is 33.1 Å². The first-order valence-electron chi connectivity index (χ1n) is 6.17. The number of rotatable bonds is 7. The highest BCUT2D eigenvalue weighted by Gasteiger charge is 2.05. The van der Waals surface area contributed by atoms with E-state index in [1.807, 2.05) is 11.8 Å². The normalized spacial score (nSPS) is 12.1. The highest BCUT2D eigenvalue weighted by Crippen LogP contribution is 2.03. The summed E-state index contributed by atoms with van der Waals surface area (Å²) < 4.78 is 0. The van der Waals surface area contributed by atoms with Crippen molar-refractivity contribution < 1.29 is 4.79 Å². The van der Waals surface area contributed by atoms with Gasteiger partial charge >= 0.3 is 0 Å². The molecule has 0 bridgehead atoms. The Labute approximate surface area is 100 Å². The van der Waals surface area contributed by atoms with Gasteiger partial charge in [0.05, 0.1) is 0 Å². The van der Waals surface area contributed by atoms with Crippen LogP contribution in [0.3, 0.4) is 0 Å². The SMILES string of the molecule is CC/C=C\CC/C=C(\C)CN(CC)C(C)=O. The van der Waals surface area contributed by atoms with E-state index in [2.05, 4.69) is 32.1 Å². The van der Waals surface area contributed by atoms with Crippen LogP contribution in [-0.2, 0) is 4.79 Å². The Bertz CT molecular complexity index is 253. The Morgan fingerprint density at radius 1 is 1.12 bits per heavy atom. The molecule has 0 aromatic carbocycles. The number of hydrogen-bond donors (Lipinski definition) is 0. The van der Waals surface area contributed by atoms with Gasteiger partial charge in [0.1, 0.15) is 0 Å². The Balaban J connectivity index is 3.94. The Hall–Kier alpha value is -1.05. The van der Waals surface area contributed by atoms with Gasteiger partial charge in [-0.1, -0.05) is 30.7 Å². The molecule has 0 heterocycles. The number of amides is 1. The standard InChI is InChI=1S/C14H25NO/c1-5-7-8-9-10-11-13(3)12-15(6-2)14(4)16/h7-8,11H,5-6,9-10,12H2,1-4H3/b8-7-,13-11+. The van der Waals surface area contributed by atoms with E-state index in [4.69, 9.17) is 0 Å². The van der Waals surface area contributed by atoms with Crippen molar-refractivity contribution in [2.24, 2.45) is 0 Å². The van der Waals surface area contributed by atoms with Gasteiger partial charge in [0.15, 0.2) is 0 Å². The highest BCUT2D eigenvalue weighted by molar-refractivity contribution is 5.73. The molecule has 92 valence electrons. The summed E-state index contributed by atoms with van der Waals surface area (Å²) in [6.45, 7) is 9.43. The third-order valence-corrected chi connectivity index (χ3v) is 2.50. The molecular weight excluding hydrogens is 198 g/mol. The zero-order valence-corrected chi connectivity index (χ0v) is 11.1. The van der Waals surface area contributed by atoms with E-state index >= 15 is 0 Å². The monoisotopic (exact) mass is 223 g/mol. The first-order valence-corrected chi connectivity index (χ1v) is 6.17. The van der Waals surface area contributed by atoms with Crippen molar-refractivity contribution in [1.29, 1.82) is 0 Å². The average molecular weight is 223 g/mol. The molecule has 0 spiro atoms. The highest BCUT2D eigenvalue weighted by atomic mass is 16.2. The summed E-state index contributed by atoms with van der Waals surface area (Å²) in [4.78, 5) is 13.1. The predicted octanol–water partition coefficient (Wildman–Crippen LogP) is 3.55. The Kier molecular flexibility index (Phi) is 8.59. The van der Waals surface area contributed by atoms with Gasteiger partial charge in [0.2, 0.25) is 5.91 Å². The lowest BCUT2D eigenvalue weighted by atomic mass is 10.2. The molecule has 2 heteroatoms. The van der Waals surface area contributed by atoms with Crippen molar-refractivity contribution in [3.05, 3.63) is 23.8 Å². The number of nitrogens with zero attached hydrogens (tertiary/aromatic N) is 1. The topological polar surface area (TPSA) is 20.3 Å². The summed E-state index contributed by atoms with van der Waals surface area (Å²) in [5.74, 6) is 0.154. The van der Waals surface area contributed by atoms with E-state index < -0.39 is 0 Å². The molecule has 0 radical (unpaired) electrons. The first kappa shape index (κ1) is 14.9. The average Bonchev–Trinajstić information content (AvgIpc) is 2.25. The van der Waals surface area contributed by atoms with Crippen LogP contribution < -0.4 is 0 Å². The number of allylic oxidation sites excluding steroid dienone is 3. The molecule has 0 aromatic heterocycles. The Morgan fingerprint density at radius 3 is 2.31 bits per heavy atom. The van der Waals surface area contributed by atoms with Crippen molar-refractivity contribution in [3.8, 4) is 0 Å². The fourth-order valence-electron chi connectivity index (χ4n) is 1.52. The zero-order valence-electron chi connectivity index (χ0n) is 11.1. The molecule has 0 aliphatic rings. The van der Waals surface area contributed by atoms with E-state index in [-0.39, 0.29) is 5.91 Å². The number of unbranched alkanes of at least 4 members (excludes halogenated alkanes) is 1. The maximum Gasteiger partial charge on any atom is 0.219 e. The van der Waals surface area contributed by atoms with Crippen LogP contribution >= 0.6 is 0 Å². The molecule has 0 saturated heterocycles. The molecule has 0 aliphatic heterocycles. The molecule has 2 nitrogen and oxygen atoms in total. The molecular formula is C14H25NO. The van der Waals surface area contributed by atoms with Crippen molar-refractivity contribution in [2.75, 3.05) is 13.1 Å². The van der Waals surface area contributed by atoms with Crippen LogP contribution in [0.15, 0.2) is 23.8 Å². The van der Waals surface area contributed by atoms with Crippen LogP contribution in [0.4, 0.5) is 0 Å². The fraction of sp³-hybridized carbons (Fsp3) is 0.643. The van der Waals surface area contributed by atoms with Crippen LogP contribution in [0, 0.1) is 0 Å². The van der Waals surface area contributed by atoms with E-state index in [9.17, 15) is 4.79 Å². The zero-order chi connectivity index (χ0) is 12.4. The van der Waals surface area contributed by atoms with Crippen LogP contribution in [0.25, 0.3) is 0 Å². The van der Waals surface area contributed by atoms with Gasteiger partial charge in [-0.15, -0.1) is 0 Å². The molecule has 0 aromatic rings. The number of carbonyl (C=O) groups is 1. The molecule has 16 heavy (non-hydrogen) atoms. The second-order valence-electron chi connectivity index (χ2n) is 4.04. The minimum atomic E-state index is 0.154. The summed E-state index contributed by atoms with van der Waals surface area (Å²) in [5, 5.41) is 0. The third-order valence-electron chi connectivity index (χ3n) is 2.50. The van der Waals surface area contributed by atoms with E-state index in [1.165, 1.54) is 5.57 Å². The van der Waals surface area contributed by atoms with Crippen LogP contribution in [0.5, 0.6) is 0 Å². The first-order chi connectivity index (χ1) is 7.61. The summed E-state index contributed by atoms with van der Waals surface area (Å²) >= 11 is 0. The van der Waals surface area contributed by atoms with Crippen molar-refractivity contribution in [2.45, 2.75) is 47.0 Å². The van der Waals surface area contributed by atoms with E-state index in [0.717, 1.165) is 32.4 Å². The molecule has 0 saturated carbocycles. The lowest BCUT2D eigenvalue weighted by molar-refractivity contribution is -0.128. The minimum absolute atomic E-state index is 0.154. The third kappa shape index (κ3) is 7.27. The number of hydrogen-bond acceptors (Lipinski definition) is 1. The summed E-state index contributed by atoms with van der Waals surface area (Å²) in [6.07, 6.45) is 9.90. The van der Waals surface area contributed by atoms with Crippen molar-refractivity contribution in [1.82, 2.24) is 4.90 Å². The van der Waals surface area contributed by atoms with Gasteiger partial charge in [-0.2, -0.15) is 0 Å². The lowest BCUT2D eigenvalue weighted by Crippen LogP contribution is -2.29. The van der Waals surface area contributed by atoms with Crippen molar-refractivity contribution in [3.63, 3.8) is 0 Å². The molecule has 0 rings (SSSR count). The van der Waals surface area contributed by atoms with E-state index in [0.29, 0.717) is 0 Å². The number of carbonyl (C=O) groups excluding carboxylic acids is 1. The summed E-state index contributed by atoms with van der Waals surface area (Å²) in [6, 6.07) is 0. The second-order valence-corrected chi connectivity index (χ2v) is 4.04.